The fourth-order valence-corrected chi connectivity index (χ4v) is 3.17. The third-order valence-corrected chi connectivity index (χ3v) is 4.64. The molecule has 0 fully saturated rings. The molecule has 2 aromatic rings. The van der Waals surface area contributed by atoms with Crippen LogP contribution in [0.2, 0.25) is 0 Å². The average Bonchev–Trinajstić information content (AvgIpc) is 2.64. The van der Waals surface area contributed by atoms with Crippen molar-refractivity contribution >= 4 is 16.6 Å². The number of benzene rings is 1. The van der Waals surface area contributed by atoms with Crippen LogP contribution in [0.25, 0.3) is 10.9 Å². The van der Waals surface area contributed by atoms with Crippen LogP contribution in [0.1, 0.15) is 33.6 Å². The van der Waals surface area contributed by atoms with Crippen molar-refractivity contribution in [2.45, 2.75) is 39.7 Å². The molecule has 0 radical (unpaired) electrons. The summed E-state index contributed by atoms with van der Waals surface area (Å²) in [5, 5.41) is 4.53. The lowest BCUT2D eigenvalue weighted by Gasteiger charge is -2.22. The summed E-state index contributed by atoms with van der Waals surface area (Å²) in [6.07, 6.45) is 4.05. The second-order valence-electron chi connectivity index (χ2n) is 6.27. The number of fused-ring (bicyclic) bond motifs is 1. The van der Waals surface area contributed by atoms with Crippen molar-refractivity contribution in [2.75, 3.05) is 39.2 Å². The van der Waals surface area contributed by atoms with Crippen molar-refractivity contribution in [2.24, 2.45) is 0 Å². The molecule has 0 saturated heterocycles. The Morgan fingerprint density at radius 1 is 1.20 bits per heavy atom. The Morgan fingerprint density at radius 3 is 2.60 bits per heavy atom. The molecule has 138 valence electrons. The molecule has 2 rings (SSSR count). The van der Waals surface area contributed by atoms with Crippen LogP contribution in [0.15, 0.2) is 24.4 Å². The molecule has 1 atom stereocenters. The van der Waals surface area contributed by atoms with E-state index in [1.807, 2.05) is 18.2 Å². The highest BCUT2D eigenvalue weighted by atomic mass is 16.5. The summed E-state index contributed by atoms with van der Waals surface area (Å²) in [6.45, 7) is 9.99. The first kappa shape index (κ1) is 19.3. The summed E-state index contributed by atoms with van der Waals surface area (Å²) in [5.74, 6) is 1.58. The molecule has 0 aliphatic carbocycles. The van der Waals surface area contributed by atoms with Gasteiger partial charge in [0, 0.05) is 23.7 Å². The maximum Gasteiger partial charge on any atom is 0.168 e. The molecule has 0 spiro atoms. The number of rotatable bonds is 10. The SMILES string of the molecule is CCN(CC)CCCC(C)Nc1cc(OC)c2cccnc2c1OC. The minimum atomic E-state index is 0.343. The number of nitrogens with one attached hydrogen (secondary N) is 1. The minimum Gasteiger partial charge on any atom is -0.496 e. The van der Waals surface area contributed by atoms with Crippen LogP contribution >= 0.6 is 0 Å². The minimum absolute atomic E-state index is 0.343. The second-order valence-corrected chi connectivity index (χ2v) is 6.27. The standard InChI is InChI=1S/C20H31N3O2/c1-6-23(7-2)13-9-10-15(3)22-17-14-18(24-4)16-11-8-12-21-19(16)20(17)25-5/h8,11-12,14-15,22H,6-7,9-10,13H2,1-5H3. The maximum atomic E-state index is 5.65. The molecule has 1 unspecified atom stereocenters. The summed E-state index contributed by atoms with van der Waals surface area (Å²) in [5.41, 5.74) is 1.75. The van der Waals surface area contributed by atoms with E-state index >= 15 is 0 Å². The topological polar surface area (TPSA) is 46.6 Å². The van der Waals surface area contributed by atoms with Crippen molar-refractivity contribution in [1.29, 1.82) is 0 Å². The highest BCUT2D eigenvalue weighted by Gasteiger charge is 2.16. The van der Waals surface area contributed by atoms with Gasteiger partial charge in [0.25, 0.3) is 0 Å². The summed E-state index contributed by atoms with van der Waals surface area (Å²) >= 11 is 0. The first-order valence-electron chi connectivity index (χ1n) is 9.13. The van der Waals surface area contributed by atoms with Gasteiger partial charge in [0.05, 0.1) is 19.9 Å². The molecule has 1 N–H and O–H groups in total. The number of nitrogens with zero attached hydrogens (tertiary/aromatic N) is 2. The number of aromatic nitrogens is 1. The van der Waals surface area contributed by atoms with Gasteiger partial charge in [-0.15, -0.1) is 0 Å². The van der Waals surface area contributed by atoms with Gasteiger partial charge in [-0.2, -0.15) is 0 Å². The first-order valence-corrected chi connectivity index (χ1v) is 9.13. The highest BCUT2D eigenvalue weighted by Crippen LogP contribution is 2.39. The van der Waals surface area contributed by atoms with Gasteiger partial charge in [0.1, 0.15) is 11.3 Å². The summed E-state index contributed by atoms with van der Waals surface area (Å²) in [4.78, 5) is 6.94. The lowest BCUT2D eigenvalue weighted by molar-refractivity contribution is 0.295. The molecule has 0 aliphatic heterocycles. The quantitative estimate of drug-likeness (QED) is 0.700. The van der Waals surface area contributed by atoms with Crippen molar-refractivity contribution in [1.82, 2.24) is 9.88 Å². The molecule has 5 nitrogen and oxygen atoms in total. The van der Waals surface area contributed by atoms with Crippen LogP contribution in [-0.4, -0.2) is 49.8 Å². The predicted octanol–water partition coefficient (Wildman–Crippen LogP) is 4.17. The van der Waals surface area contributed by atoms with E-state index in [4.69, 9.17) is 9.47 Å². The van der Waals surface area contributed by atoms with Gasteiger partial charge in [-0.05, 0) is 51.5 Å². The Hall–Kier alpha value is -2.01. The molecule has 25 heavy (non-hydrogen) atoms. The molecule has 1 aromatic carbocycles. The Morgan fingerprint density at radius 2 is 1.96 bits per heavy atom. The second kappa shape index (κ2) is 9.47. The molecule has 1 aromatic heterocycles. The third-order valence-electron chi connectivity index (χ3n) is 4.64. The van der Waals surface area contributed by atoms with E-state index in [1.54, 1.807) is 20.4 Å². The molecule has 0 saturated carbocycles. The van der Waals surface area contributed by atoms with Gasteiger partial charge in [0.15, 0.2) is 5.75 Å². The fourth-order valence-electron chi connectivity index (χ4n) is 3.17. The van der Waals surface area contributed by atoms with E-state index in [2.05, 4.69) is 36.0 Å². The molecular weight excluding hydrogens is 314 g/mol. The van der Waals surface area contributed by atoms with E-state index in [1.165, 1.54) is 6.42 Å². The van der Waals surface area contributed by atoms with E-state index in [9.17, 15) is 0 Å². The maximum absolute atomic E-state index is 5.65. The normalized spacial score (nSPS) is 12.4. The van der Waals surface area contributed by atoms with Gasteiger partial charge in [-0.25, -0.2) is 0 Å². The Labute approximate surface area is 151 Å². The van der Waals surface area contributed by atoms with Crippen LogP contribution in [-0.2, 0) is 0 Å². The van der Waals surface area contributed by atoms with Gasteiger partial charge in [0.2, 0.25) is 0 Å². The molecule has 0 amide bonds. The van der Waals surface area contributed by atoms with Crippen LogP contribution < -0.4 is 14.8 Å². The monoisotopic (exact) mass is 345 g/mol. The summed E-state index contributed by atoms with van der Waals surface area (Å²) in [6, 6.07) is 6.26. The largest absolute Gasteiger partial charge is 0.496 e. The van der Waals surface area contributed by atoms with Gasteiger partial charge in [-0.3, -0.25) is 4.98 Å². The van der Waals surface area contributed by atoms with Gasteiger partial charge < -0.3 is 19.7 Å². The van der Waals surface area contributed by atoms with E-state index in [0.717, 1.165) is 54.1 Å². The predicted molar refractivity (Wildman–Crippen MR) is 105 cm³/mol. The summed E-state index contributed by atoms with van der Waals surface area (Å²) in [7, 11) is 3.37. The van der Waals surface area contributed by atoms with Crippen LogP contribution in [0.5, 0.6) is 11.5 Å². The lowest BCUT2D eigenvalue weighted by atomic mass is 10.1. The zero-order valence-corrected chi connectivity index (χ0v) is 16.1. The molecule has 5 heteroatoms. The molecule has 0 bridgehead atoms. The van der Waals surface area contributed by atoms with Crippen LogP contribution in [0, 0.1) is 0 Å². The Kier molecular flexibility index (Phi) is 7.31. The average molecular weight is 345 g/mol. The van der Waals surface area contributed by atoms with Crippen molar-refractivity contribution in [3.63, 3.8) is 0 Å². The number of anilines is 1. The number of hydrogen-bond acceptors (Lipinski definition) is 5. The van der Waals surface area contributed by atoms with E-state index in [0.29, 0.717) is 6.04 Å². The number of ether oxygens (including phenoxy) is 2. The lowest BCUT2D eigenvalue weighted by Crippen LogP contribution is -2.25. The fraction of sp³-hybridized carbons (Fsp3) is 0.550. The number of hydrogen-bond donors (Lipinski definition) is 1. The third kappa shape index (κ3) is 4.75. The number of methoxy groups -OCH3 is 2. The zero-order chi connectivity index (χ0) is 18.2. The first-order chi connectivity index (χ1) is 12.1. The number of pyridine rings is 1. The van der Waals surface area contributed by atoms with E-state index < -0.39 is 0 Å². The van der Waals surface area contributed by atoms with Crippen LogP contribution in [0.4, 0.5) is 5.69 Å². The molecule has 0 aliphatic rings. The van der Waals surface area contributed by atoms with E-state index in [-0.39, 0.29) is 0 Å². The smallest absolute Gasteiger partial charge is 0.168 e. The van der Waals surface area contributed by atoms with Gasteiger partial charge >= 0.3 is 0 Å². The Bertz CT molecular complexity index is 671. The Balaban J connectivity index is 2.14. The van der Waals surface area contributed by atoms with Crippen molar-refractivity contribution < 1.29 is 9.47 Å². The molecular formula is C20H31N3O2. The van der Waals surface area contributed by atoms with Crippen molar-refractivity contribution in [3.8, 4) is 11.5 Å². The zero-order valence-electron chi connectivity index (χ0n) is 16.1. The molecule has 1 heterocycles. The highest BCUT2D eigenvalue weighted by molar-refractivity contribution is 5.95. The van der Waals surface area contributed by atoms with Crippen molar-refractivity contribution in [3.05, 3.63) is 24.4 Å². The summed E-state index contributed by atoms with van der Waals surface area (Å²) < 4.78 is 11.2. The van der Waals surface area contributed by atoms with Crippen LogP contribution in [0.3, 0.4) is 0 Å². The van der Waals surface area contributed by atoms with Gasteiger partial charge in [-0.1, -0.05) is 13.8 Å².